The lowest BCUT2D eigenvalue weighted by molar-refractivity contribution is -0.386. The van der Waals surface area contributed by atoms with E-state index in [0.717, 1.165) is 5.56 Å². The summed E-state index contributed by atoms with van der Waals surface area (Å²) in [5.74, 6) is 0. The van der Waals surface area contributed by atoms with Crippen LogP contribution in [0.2, 0.25) is 0 Å². The molecule has 0 atom stereocenters. The van der Waals surface area contributed by atoms with Crippen molar-refractivity contribution in [2.24, 2.45) is 0 Å². The van der Waals surface area contributed by atoms with E-state index >= 15 is 0 Å². The van der Waals surface area contributed by atoms with Crippen LogP contribution in [-0.2, 0) is 0 Å². The molecular formula is C10H11NO3. The van der Waals surface area contributed by atoms with E-state index in [-0.39, 0.29) is 5.69 Å². The third-order valence-corrected chi connectivity index (χ3v) is 2.29. The van der Waals surface area contributed by atoms with Gasteiger partial charge in [-0.15, -0.1) is 0 Å². The van der Waals surface area contributed by atoms with Gasteiger partial charge in [-0.1, -0.05) is 0 Å². The SMILES string of the molecule is Cc1cc(C)c([N+](=O)[O-])c(C)c1C=O. The molecule has 0 aliphatic rings. The van der Waals surface area contributed by atoms with Gasteiger partial charge in [0.25, 0.3) is 5.69 Å². The number of carbonyl (C=O) groups excluding carboxylic acids is 1. The number of nitrogens with zero attached hydrogens (tertiary/aromatic N) is 1. The molecule has 0 saturated carbocycles. The maximum Gasteiger partial charge on any atom is 0.275 e. The Morgan fingerprint density at radius 2 is 1.86 bits per heavy atom. The van der Waals surface area contributed by atoms with Crippen LogP contribution < -0.4 is 0 Å². The van der Waals surface area contributed by atoms with Gasteiger partial charge in [-0.05, 0) is 32.4 Å². The standard InChI is InChI=1S/C10H11NO3/c1-6-4-7(2)10(11(13)14)8(3)9(6)5-12/h4-5H,1-3H3. The predicted molar refractivity (Wildman–Crippen MR) is 52.7 cm³/mol. The molecule has 0 bridgehead atoms. The molecule has 0 aliphatic heterocycles. The summed E-state index contributed by atoms with van der Waals surface area (Å²) in [6, 6.07) is 1.66. The highest BCUT2D eigenvalue weighted by molar-refractivity contribution is 5.82. The third kappa shape index (κ3) is 1.51. The minimum Gasteiger partial charge on any atom is -0.298 e. The summed E-state index contributed by atoms with van der Waals surface area (Å²) in [6.07, 6.45) is 0.664. The van der Waals surface area contributed by atoms with Crippen LogP contribution in [0.15, 0.2) is 6.07 Å². The highest BCUT2D eigenvalue weighted by Gasteiger charge is 2.18. The first-order valence-electron chi connectivity index (χ1n) is 4.19. The van der Waals surface area contributed by atoms with Gasteiger partial charge in [0.15, 0.2) is 6.29 Å². The first kappa shape index (κ1) is 10.4. The summed E-state index contributed by atoms with van der Waals surface area (Å²) >= 11 is 0. The van der Waals surface area contributed by atoms with Crippen molar-refractivity contribution in [2.45, 2.75) is 20.8 Å². The first-order chi connectivity index (χ1) is 6.49. The topological polar surface area (TPSA) is 60.2 Å². The van der Waals surface area contributed by atoms with Crippen molar-refractivity contribution in [1.82, 2.24) is 0 Å². The molecule has 1 rings (SSSR count). The summed E-state index contributed by atoms with van der Waals surface area (Å²) in [4.78, 5) is 21.0. The number of hydrogen-bond donors (Lipinski definition) is 0. The van der Waals surface area contributed by atoms with Gasteiger partial charge >= 0.3 is 0 Å². The number of aryl methyl sites for hydroxylation is 2. The molecule has 1 aromatic carbocycles. The van der Waals surface area contributed by atoms with E-state index in [1.807, 2.05) is 0 Å². The van der Waals surface area contributed by atoms with Gasteiger partial charge in [-0.25, -0.2) is 0 Å². The highest BCUT2D eigenvalue weighted by Crippen LogP contribution is 2.27. The molecule has 0 N–H and O–H groups in total. The minimum atomic E-state index is -0.447. The smallest absolute Gasteiger partial charge is 0.275 e. The van der Waals surface area contributed by atoms with E-state index in [9.17, 15) is 14.9 Å². The van der Waals surface area contributed by atoms with E-state index < -0.39 is 4.92 Å². The second-order valence-electron chi connectivity index (χ2n) is 3.27. The lowest BCUT2D eigenvalue weighted by Crippen LogP contribution is -2.01. The molecule has 0 radical (unpaired) electrons. The summed E-state index contributed by atoms with van der Waals surface area (Å²) < 4.78 is 0. The number of nitro benzene ring substituents is 1. The minimum absolute atomic E-state index is 0.0395. The van der Waals surface area contributed by atoms with E-state index in [0.29, 0.717) is 23.0 Å². The van der Waals surface area contributed by atoms with Gasteiger partial charge in [0, 0.05) is 16.7 Å². The van der Waals surface area contributed by atoms with Crippen LogP contribution >= 0.6 is 0 Å². The molecule has 0 amide bonds. The second-order valence-corrected chi connectivity index (χ2v) is 3.27. The largest absolute Gasteiger partial charge is 0.298 e. The van der Waals surface area contributed by atoms with Crippen LogP contribution in [0.25, 0.3) is 0 Å². The highest BCUT2D eigenvalue weighted by atomic mass is 16.6. The molecule has 0 aliphatic carbocycles. The van der Waals surface area contributed by atoms with Crippen molar-refractivity contribution in [1.29, 1.82) is 0 Å². The molecular weight excluding hydrogens is 182 g/mol. The van der Waals surface area contributed by atoms with E-state index in [2.05, 4.69) is 0 Å². The first-order valence-corrected chi connectivity index (χ1v) is 4.19. The molecule has 0 fully saturated rings. The lowest BCUT2D eigenvalue weighted by Gasteiger charge is -2.06. The third-order valence-electron chi connectivity index (χ3n) is 2.29. The molecule has 0 heterocycles. The Hall–Kier alpha value is -1.71. The van der Waals surface area contributed by atoms with Gasteiger partial charge < -0.3 is 0 Å². The van der Waals surface area contributed by atoms with Crippen LogP contribution in [0, 0.1) is 30.9 Å². The second kappa shape index (κ2) is 3.57. The molecule has 0 unspecified atom stereocenters. The van der Waals surface area contributed by atoms with Crippen LogP contribution in [-0.4, -0.2) is 11.2 Å². The maximum atomic E-state index is 10.7. The van der Waals surface area contributed by atoms with Gasteiger partial charge in [0.1, 0.15) is 0 Å². The monoisotopic (exact) mass is 193 g/mol. The number of hydrogen-bond acceptors (Lipinski definition) is 3. The van der Waals surface area contributed by atoms with Crippen molar-refractivity contribution in [3.63, 3.8) is 0 Å². The number of benzene rings is 1. The predicted octanol–water partition coefficient (Wildman–Crippen LogP) is 2.33. The van der Waals surface area contributed by atoms with Crippen LogP contribution in [0.3, 0.4) is 0 Å². The quantitative estimate of drug-likeness (QED) is 0.411. The van der Waals surface area contributed by atoms with E-state index in [1.165, 1.54) is 0 Å². The maximum absolute atomic E-state index is 10.7. The normalized spacial score (nSPS) is 9.93. The van der Waals surface area contributed by atoms with Crippen LogP contribution in [0.4, 0.5) is 5.69 Å². The zero-order chi connectivity index (χ0) is 10.9. The molecule has 1 aromatic rings. The van der Waals surface area contributed by atoms with Crippen molar-refractivity contribution in [2.75, 3.05) is 0 Å². The number of rotatable bonds is 2. The zero-order valence-corrected chi connectivity index (χ0v) is 8.33. The Kier molecular flexibility index (Phi) is 2.65. The van der Waals surface area contributed by atoms with E-state index in [1.54, 1.807) is 26.8 Å². The summed E-state index contributed by atoms with van der Waals surface area (Å²) in [7, 11) is 0. The number of nitro groups is 1. The van der Waals surface area contributed by atoms with Crippen LogP contribution in [0.1, 0.15) is 27.0 Å². The van der Waals surface area contributed by atoms with Gasteiger partial charge in [0.05, 0.1) is 4.92 Å². The van der Waals surface area contributed by atoms with Crippen LogP contribution in [0.5, 0.6) is 0 Å². The lowest BCUT2D eigenvalue weighted by atomic mass is 9.98. The average molecular weight is 193 g/mol. The molecule has 0 saturated heterocycles. The van der Waals surface area contributed by atoms with Crippen molar-refractivity contribution in [3.8, 4) is 0 Å². The molecule has 0 spiro atoms. The Labute approximate surface area is 81.7 Å². The molecule has 74 valence electrons. The van der Waals surface area contributed by atoms with Gasteiger partial charge in [-0.3, -0.25) is 14.9 Å². The Balaban J connectivity index is 3.60. The van der Waals surface area contributed by atoms with E-state index in [4.69, 9.17) is 0 Å². The van der Waals surface area contributed by atoms with Crippen molar-refractivity contribution >= 4 is 12.0 Å². The fraction of sp³-hybridized carbons (Fsp3) is 0.300. The fourth-order valence-corrected chi connectivity index (χ4v) is 1.65. The van der Waals surface area contributed by atoms with Crippen molar-refractivity contribution in [3.05, 3.63) is 38.4 Å². The van der Waals surface area contributed by atoms with Gasteiger partial charge in [-0.2, -0.15) is 0 Å². The Morgan fingerprint density at radius 3 is 2.29 bits per heavy atom. The summed E-state index contributed by atoms with van der Waals surface area (Å²) in [5, 5.41) is 10.7. The fourth-order valence-electron chi connectivity index (χ4n) is 1.65. The van der Waals surface area contributed by atoms with Crippen molar-refractivity contribution < 1.29 is 9.72 Å². The molecule has 4 nitrogen and oxygen atoms in total. The Bertz CT molecular complexity index is 410. The Morgan fingerprint density at radius 1 is 1.29 bits per heavy atom. The molecule has 4 heteroatoms. The molecule has 0 aromatic heterocycles. The zero-order valence-electron chi connectivity index (χ0n) is 8.33. The van der Waals surface area contributed by atoms with Gasteiger partial charge in [0.2, 0.25) is 0 Å². The number of aldehydes is 1. The summed E-state index contributed by atoms with van der Waals surface area (Å²) in [5.41, 5.74) is 2.28. The average Bonchev–Trinajstić information content (AvgIpc) is 2.02. The molecule has 14 heavy (non-hydrogen) atoms. The number of carbonyl (C=O) groups is 1. The summed E-state index contributed by atoms with van der Waals surface area (Å²) in [6.45, 7) is 5.04.